The van der Waals surface area contributed by atoms with Crippen molar-refractivity contribution in [3.8, 4) is 0 Å². The molecule has 5 rings (SSSR count). The molecule has 0 saturated carbocycles. The third kappa shape index (κ3) is 6.37. The number of rotatable bonds is 9. The van der Waals surface area contributed by atoms with E-state index in [1.807, 2.05) is 41.3 Å². The zero-order valence-electron chi connectivity index (χ0n) is 22.4. The molecule has 8 heteroatoms. The maximum Gasteiger partial charge on any atom is 0.223 e. The molecule has 0 spiro atoms. The lowest BCUT2D eigenvalue weighted by molar-refractivity contribution is -0.136. The number of carbonyl (C=O) groups is 1. The summed E-state index contributed by atoms with van der Waals surface area (Å²) in [6, 6.07) is 16.0. The fourth-order valence-corrected chi connectivity index (χ4v) is 5.81. The number of hydrogen-bond donors (Lipinski definition) is 3. The molecule has 8 nitrogen and oxygen atoms in total. The highest BCUT2D eigenvalue weighted by atomic mass is 16.3. The van der Waals surface area contributed by atoms with E-state index in [-0.39, 0.29) is 18.4 Å². The van der Waals surface area contributed by atoms with Crippen molar-refractivity contribution < 1.29 is 15.0 Å². The zero-order chi connectivity index (χ0) is 26.5. The number of carbonyl (C=O) groups excluding carboxylic acids is 1. The SMILES string of the molecule is CC(CC(=O)N1CCC(O)(CN2C=Nc3cc(NCCN4CCCC4)ccc3C2O)CC1)c1ccccc1. The van der Waals surface area contributed by atoms with Crippen LogP contribution in [0.1, 0.15) is 62.3 Å². The molecule has 0 aliphatic carbocycles. The Balaban J connectivity index is 1.11. The minimum Gasteiger partial charge on any atom is -0.388 e. The van der Waals surface area contributed by atoms with Gasteiger partial charge in [0.25, 0.3) is 0 Å². The van der Waals surface area contributed by atoms with Crippen LogP contribution in [-0.2, 0) is 4.79 Å². The number of likely N-dealkylation sites (tertiary alicyclic amines) is 2. The van der Waals surface area contributed by atoms with Gasteiger partial charge in [-0.05, 0) is 62.4 Å². The first-order valence-corrected chi connectivity index (χ1v) is 14.0. The van der Waals surface area contributed by atoms with Crippen molar-refractivity contribution in [2.45, 2.75) is 56.8 Å². The maximum absolute atomic E-state index is 12.9. The Morgan fingerprint density at radius 3 is 2.58 bits per heavy atom. The van der Waals surface area contributed by atoms with Crippen molar-refractivity contribution >= 4 is 23.6 Å². The predicted octanol–water partition coefficient (Wildman–Crippen LogP) is 3.71. The van der Waals surface area contributed by atoms with Gasteiger partial charge in [0.2, 0.25) is 5.91 Å². The number of aliphatic hydroxyl groups is 2. The van der Waals surface area contributed by atoms with Gasteiger partial charge in [0.15, 0.2) is 6.23 Å². The van der Waals surface area contributed by atoms with Gasteiger partial charge in [-0.3, -0.25) is 4.79 Å². The lowest BCUT2D eigenvalue weighted by Gasteiger charge is -2.42. The molecule has 0 bridgehead atoms. The summed E-state index contributed by atoms with van der Waals surface area (Å²) in [6.45, 7) is 7.67. The number of hydrogen-bond acceptors (Lipinski definition) is 7. The molecule has 3 aliphatic heterocycles. The fraction of sp³-hybridized carbons (Fsp3) is 0.533. The van der Waals surface area contributed by atoms with Gasteiger partial charge in [0, 0.05) is 43.9 Å². The molecule has 2 fully saturated rings. The van der Waals surface area contributed by atoms with Crippen LogP contribution < -0.4 is 5.32 Å². The average Bonchev–Trinajstić information content (AvgIpc) is 3.45. The summed E-state index contributed by atoms with van der Waals surface area (Å²) in [4.78, 5) is 23.5. The molecule has 204 valence electrons. The second-order valence-electron chi connectivity index (χ2n) is 11.2. The third-order valence-electron chi connectivity index (χ3n) is 8.30. The number of β-amino-alcohol motifs (C(OH)–C–C–N with tert-alkyl or cyclic N) is 1. The van der Waals surface area contributed by atoms with Crippen molar-refractivity contribution in [3.05, 3.63) is 59.7 Å². The monoisotopic (exact) mass is 519 g/mol. The van der Waals surface area contributed by atoms with E-state index in [9.17, 15) is 15.0 Å². The van der Waals surface area contributed by atoms with Crippen molar-refractivity contribution in [2.24, 2.45) is 4.99 Å². The van der Waals surface area contributed by atoms with Crippen LogP contribution in [0.3, 0.4) is 0 Å². The smallest absolute Gasteiger partial charge is 0.223 e. The number of aliphatic hydroxyl groups excluding tert-OH is 1. The molecule has 0 radical (unpaired) electrons. The molecule has 2 unspecified atom stereocenters. The minimum absolute atomic E-state index is 0.127. The molecule has 2 saturated heterocycles. The quantitative estimate of drug-likeness (QED) is 0.468. The molecule has 3 heterocycles. The van der Waals surface area contributed by atoms with Crippen LogP contribution in [0.2, 0.25) is 0 Å². The Labute approximate surface area is 226 Å². The molecule has 2 aromatic rings. The molecule has 38 heavy (non-hydrogen) atoms. The number of nitrogens with zero attached hydrogens (tertiary/aromatic N) is 4. The van der Waals surface area contributed by atoms with Gasteiger partial charge in [0.05, 0.1) is 24.2 Å². The van der Waals surface area contributed by atoms with Crippen molar-refractivity contribution in [3.63, 3.8) is 0 Å². The van der Waals surface area contributed by atoms with Gasteiger partial charge in [-0.15, -0.1) is 0 Å². The van der Waals surface area contributed by atoms with E-state index in [2.05, 4.69) is 34.3 Å². The van der Waals surface area contributed by atoms with Crippen LogP contribution in [0, 0.1) is 0 Å². The first-order chi connectivity index (χ1) is 18.4. The highest BCUT2D eigenvalue weighted by Crippen LogP contribution is 2.35. The highest BCUT2D eigenvalue weighted by molar-refractivity contribution is 5.77. The Morgan fingerprint density at radius 2 is 1.84 bits per heavy atom. The topological polar surface area (TPSA) is 91.6 Å². The van der Waals surface area contributed by atoms with Crippen LogP contribution in [0.4, 0.5) is 11.4 Å². The number of nitrogens with one attached hydrogen (secondary N) is 1. The number of fused-ring (bicyclic) bond motifs is 1. The Hall–Kier alpha value is -2.94. The van der Waals surface area contributed by atoms with E-state index < -0.39 is 11.8 Å². The van der Waals surface area contributed by atoms with Gasteiger partial charge in [-0.2, -0.15) is 0 Å². The van der Waals surface area contributed by atoms with Crippen molar-refractivity contribution in [1.29, 1.82) is 0 Å². The van der Waals surface area contributed by atoms with Gasteiger partial charge < -0.3 is 30.2 Å². The first kappa shape index (κ1) is 26.7. The van der Waals surface area contributed by atoms with E-state index >= 15 is 0 Å². The van der Waals surface area contributed by atoms with Crippen LogP contribution in [0.25, 0.3) is 0 Å². The minimum atomic E-state index is -0.983. The Bertz CT molecular complexity index is 1110. The Morgan fingerprint density at radius 1 is 1.11 bits per heavy atom. The fourth-order valence-electron chi connectivity index (χ4n) is 5.81. The summed E-state index contributed by atoms with van der Waals surface area (Å²) in [5, 5.41) is 25.8. The van der Waals surface area contributed by atoms with Gasteiger partial charge >= 0.3 is 0 Å². The van der Waals surface area contributed by atoms with Crippen molar-refractivity contribution in [2.75, 3.05) is 51.1 Å². The maximum atomic E-state index is 12.9. The van der Waals surface area contributed by atoms with E-state index in [4.69, 9.17) is 0 Å². The number of benzene rings is 2. The van der Waals surface area contributed by atoms with Crippen LogP contribution in [-0.4, -0.2) is 88.6 Å². The summed E-state index contributed by atoms with van der Waals surface area (Å²) in [7, 11) is 0. The molecule has 3 N–H and O–H groups in total. The molecule has 2 aromatic carbocycles. The van der Waals surface area contributed by atoms with E-state index in [0.717, 1.165) is 35.6 Å². The highest BCUT2D eigenvalue weighted by Gasteiger charge is 2.37. The summed E-state index contributed by atoms with van der Waals surface area (Å²) in [5.41, 5.74) is 2.67. The first-order valence-electron chi connectivity index (χ1n) is 14.0. The summed E-state index contributed by atoms with van der Waals surface area (Å²) < 4.78 is 0. The summed E-state index contributed by atoms with van der Waals surface area (Å²) in [6.07, 6.45) is 4.77. The molecule has 3 aliphatic rings. The molecular weight excluding hydrogens is 478 g/mol. The second-order valence-corrected chi connectivity index (χ2v) is 11.2. The summed E-state index contributed by atoms with van der Waals surface area (Å²) >= 11 is 0. The number of anilines is 1. The lowest BCUT2D eigenvalue weighted by atomic mass is 9.89. The molecule has 2 atom stereocenters. The van der Waals surface area contributed by atoms with E-state index in [0.29, 0.717) is 32.4 Å². The normalized spacial score (nSPS) is 21.8. The number of amides is 1. The molecule has 0 aromatic heterocycles. The molecule has 1 amide bonds. The largest absolute Gasteiger partial charge is 0.388 e. The van der Waals surface area contributed by atoms with E-state index in [1.54, 1.807) is 11.2 Å². The lowest BCUT2D eigenvalue weighted by Crippen LogP contribution is -2.52. The number of piperidine rings is 1. The second kappa shape index (κ2) is 11.8. The van der Waals surface area contributed by atoms with Gasteiger partial charge in [0.1, 0.15) is 0 Å². The van der Waals surface area contributed by atoms with Gasteiger partial charge in [-0.25, -0.2) is 4.99 Å². The zero-order valence-corrected chi connectivity index (χ0v) is 22.4. The third-order valence-corrected chi connectivity index (χ3v) is 8.30. The van der Waals surface area contributed by atoms with Crippen LogP contribution >= 0.6 is 0 Å². The van der Waals surface area contributed by atoms with Crippen molar-refractivity contribution in [1.82, 2.24) is 14.7 Å². The standard InChI is InChI=1S/C30H41N5O3/c1-23(24-7-3-2-4-8-24)19-28(36)34-16-11-30(38,12-17-34)21-35-22-32-27-20-25(9-10-26(27)29(35)37)31-13-18-33-14-5-6-15-33/h2-4,7-10,20,22-23,29,31,37-38H,5-6,11-19,21H2,1H3. The Kier molecular flexibility index (Phi) is 8.31. The van der Waals surface area contributed by atoms with E-state index in [1.165, 1.54) is 25.9 Å². The number of aliphatic imine (C=N–C) groups is 1. The van der Waals surface area contributed by atoms with Gasteiger partial charge in [-0.1, -0.05) is 43.3 Å². The predicted molar refractivity (Wildman–Crippen MR) is 151 cm³/mol. The summed E-state index contributed by atoms with van der Waals surface area (Å²) in [5.74, 6) is 0.284. The average molecular weight is 520 g/mol. The molecular formula is C30H41N5O3. The van der Waals surface area contributed by atoms with Crippen LogP contribution in [0.5, 0.6) is 0 Å². The van der Waals surface area contributed by atoms with Crippen LogP contribution in [0.15, 0.2) is 53.5 Å².